The maximum Gasteiger partial charge on any atom is 0.407 e. The van der Waals surface area contributed by atoms with Gasteiger partial charge in [-0.15, -0.1) is 0 Å². The van der Waals surface area contributed by atoms with Crippen molar-refractivity contribution >= 4 is 18.0 Å². The molecule has 8 nitrogen and oxygen atoms in total. The monoisotopic (exact) mass is 452 g/mol. The normalized spacial score (nSPS) is 16.3. The zero-order valence-electron chi connectivity index (χ0n) is 18.5. The number of carbonyl (C=O) groups is 3. The Hall–Kier alpha value is -3.39. The molecule has 0 saturated heterocycles. The minimum Gasteiger partial charge on any atom is -0.480 e. The molecule has 2 unspecified atom stereocenters. The molecule has 2 aliphatic carbocycles. The number of amides is 2. The first-order valence-electron chi connectivity index (χ1n) is 11.1. The largest absolute Gasteiger partial charge is 0.480 e. The van der Waals surface area contributed by atoms with Crippen LogP contribution < -0.4 is 10.6 Å². The molecule has 0 radical (unpaired) electrons. The van der Waals surface area contributed by atoms with E-state index >= 15 is 0 Å². The number of hydrogen-bond donors (Lipinski definition) is 3. The summed E-state index contributed by atoms with van der Waals surface area (Å²) in [6.45, 7) is 0.265. The second-order valence-electron chi connectivity index (χ2n) is 8.49. The van der Waals surface area contributed by atoms with E-state index in [4.69, 9.17) is 9.47 Å². The van der Waals surface area contributed by atoms with Crippen molar-refractivity contribution in [3.05, 3.63) is 59.7 Å². The third-order valence-corrected chi connectivity index (χ3v) is 6.24. The summed E-state index contributed by atoms with van der Waals surface area (Å²) in [5, 5.41) is 14.4. The molecular formula is C25H28N2O6. The van der Waals surface area contributed by atoms with Crippen LogP contribution in [-0.2, 0) is 19.1 Å². The van der Waals surface area contributed by atoms with Crippen molar-refractivity contribution in [2.24, 2.45) is 5.92 Å². The van der Waals surface area contributed by atoms with Crippen LogP contribution in [0.2, 0.25) is 0 Å². The number of ether oxygens (including phenoxy) is 2. The van der Waals surface area contributed by atoms with Gasteiger partial charge in [0.2, 0.25) is 5.91 Å². The Morgan fingerprint density at radius 1 is 1.03 bits per heavy atom. The molecule has 0 heterocycles. The average molecular weight is 453 g/mol. The Balaban J connectivity index is 1.27. The molecule has 33 heavy (non-hydrogen) atoms. The maximum atomic E-state index is 12.3. The molecular weight excluding hydrogens is 424 g/mol. The van der Waals surface area contributed by atoms with Crippen molar-refractivity contribution in [1.29, 1.82) is 0 Å². The lowest BCUT2D eigenvalue weighted by atomic mass is 9.98. The third-order valence-electron chi connectivity index (χ3n) is 6.24. The van der Waals surface area contributed by atoms with E-state index in [2.05, 4.69) is 22.8 Å². The maximum absolute atomic E-state index is 12.3. The Morgan fingerprint density at radius 3 is 2.18 bits per heavy atom. The lowest BCUT2D eigenvalue weighted by molar-refractivity contribution is -0.142. The van der Waals surface area contributed by atoms with Crippen LogP contribution in [0.5, 0.6) is 0 Å². The Bertz CT molecular complexity index is 990. The van der Waals surface area contributed by atoms with Gasteiger partial charge in [-0.05, 0) is 41.0 Å². The first kappa shape index (κ1) is 22.8. The van der Waals surface area contributed by atoms with Crippen LogP contribution in [0, 0.1) is 5.92 Å². The van der Waals surface area contributed by atoms with E-state index in [0.29, 0.717) is 0 Å². The molecule has 0 bridgehead atoms. The van der Waals surface area contributed by atoms with Gasteiger partial charge in [-0.2, -0.15) is 0 Å². The van der Waals surface area contributed by atoms with Gasteiger partial charge in [0.25, 0.3) is 0 Å². The van der Waals surface area contributed by atoms with Gasteiger partial charge in [0.1, 0.15) is 12.6 Å². The van der Waals surface area contributed by atoms with Gasteiger partial charge in [0, 0.05) is 19.6 Å². The predicted octanol–water partition coefficient (Wildman–Crippen LogP) is 2.91. The summed E-state index contributed by atoms with van der Waals surface area (Å²) >= 11 is 0. The van der Waals surface area contributed by atoms with E-state index in [1.165, 1.54) is 7.11 Å². The topological polar surface area (TPSA) is 114 Å². The molecule has 2 atom stereocenters. The lowest BCUT2D eigenvalue weighted by Gasteiger charge is -2.19. The van der Waals surface area contributed by atoms with Gasteiger partial charge >= 0.3 is 12.1 Å². The van der Waals surface area contributed by atoms with Crippen molar-refractivity contribution in [1.82, 2.24) is 10.6 Å². The quantitative estimate of drug-likeness (QED) is 0.511. The van der Waals surface area contributed by atoms with Crippen LogP contribution in [-0.4, -0.2) is 55.5 Å². The van der Waals surface area contributed by atoms with E-state index in [0.717, 1.165) is 35.1 Å². The second-order valence-corrected chi connectivity index (χ2v) is 8.49. The predicted molar refractivity (Wildman–Crippen MR) is 121 cm³/mol. The van der Waals surface area contributed by atoms with Gasteiger partial charge in [-0.1, -0.05) is 48.5 Å². The average Bonchev–Trinajstić information content (AvgIpc) is 3.61. The Morgan fingerprint density at radius 2 is 1.64 bits per heavy atom. The highest BCUT2D eigenvalue weighted by atomic mass is 16.5. The van der Waals surface area contributed by atoms with Crippen LogP contribution in [0.15, 0.2) is 48.5 Å². The van der Waals surface area contributed by atoms with Crippen LogP contribution in [0.4, 0.5) is 4.79 Å². The minimum absolute atomic E-state index is 0.00797. The van der Waals surface area contributed by atoms with Gasteiger partial charge in [0.15, 0.2) is 0 Å². The molecule has 0 spiro atoms. The zero-order chi connectivity index (χ0) is 23.4. The second kappa shape index (κ2) is 10.0. The molecule has 2 aromatic rings. The van der Waals surface area contributed by atoms with Crippen molar-refractivity contribution in [2.45, 2.75) is 37.3 Å². The first-order chi connectivity index (χ1) is 16.0. The van der Waals surface area contributed by atoms with Crippen molar-refractivity contribution in [2.75, 3.05) is 20.3 Å². The molecule has 8 heteroatoms. The molecule has 174 valence electrons. The van der Waals surface area contributed by atoms with Crippen molar-refractivity contribution < 1.29 is 29.0 Å². The highest BCUT2D eigenvalue weighted by molar-refractivity contribution is 5.84. The summed E-state index contributed by atoms with van der Waals surface area (Å²) in [5.41, 5.74) is 4.56. The summed E-state index contributed by atoms with van der Waals surface area (Å²) in [7, 11) is 1.44. The zero-order valence-corrected chi connectivity index (χ0v) is 18.5. The van der Waals surface area contributed by atoms with E-state index in [9.17, 15) is 19.5 Å². The molecule has 1 saturated carbocycles. The Labute approximate surface area is 192 Å². The number of nitrogens with one attached hydrogen (secondary N) is 2. The van der Waals surface area contributed by atoms with Gasteiger partial charge in [-0.3, -0.25) is 4.79 Å². The van der Waals surface area contributed by atoms with Crippen LogP contribution in [0.3, 0.4) is 0 Å². The standard InChI is InChI=1S/C25H28N2O6/c1-32-16(12-22(28)27-23(24(29)30)15-10-11-15)13-26-25(31)33-14-21-19-8-4-2-6-17(19)18-7-3-5-9-20(18)21/h2-9,15-16,21,23H,10-14H2,1H3,(H,26,31)(H,27,28)(H,29,30). The van der Waals surface area contributed by atoms with E-state index in [1.54, 1.807) is 0 Å². The fraction of sp³-hybridized carbons (Fsp3) is 0.400. The van der Waals surface area contributed by atoms with Crippen molar-refractivity contribution in [3.63, 3.8) is 0 Å². The fourth-order valence-corrected chi connectivity index (χ4v) is 4.34. The van der Waals surface area contributed by atoms with Crippen LogP contribution in [0.25, 0.3) is 11.1 Å². The molecule has 4 rings (SSSR count). The SMILES string of the molecule is COC(CNC(=O)OCC1c2ccccc2-c2ccccc21)CC(=O)NC(C(=O)O)C1CC1. The molecule has 2 aliphatic rings. The molecule has 0 aliphatic heterocycles. The van der Waals surface area contributed by atoms with Gasteiger partial charge in [-0.25, -0.2) is 9.59 Å². The van der Waals surface area contributed by atoms with Crippen LogP contribution in [0.1, 0.15) is 36.3 Å². The summed E-state index contributed by atoms with van der Waals surface area (Å²) in [6, 6.07) is 15.3. The molecule has 0 aromatic heterocycles. The minimum atomic E-state index is -1.03. The van der Waals surface area contributed by atoms with Gasteiger partial charge in [0.05, 0.1) is 12.5 Å². The van der Waals surface area contributed by atoms with Gasteiger partial charge < -0.3 is 25.2 Å². The number of benzene rings is 2. The number of carboxylic acids is 1. The summed E-state index contributed by atoms with van der Waals surface area (Å²) < 4.78 is 10.8. The summed E-state index contributed by atoms with van der Waals surface area (Å²) in [5.74, 6) is -1.50. The van der Waals surface area contributed by atoms with E-state index < -0.39 is 30.1 Å². The summed E-state index contributed by atoms with van der Waals surface area (Å²) in [6.07, 6.45) is 0.346. The number of methoxy groups -OCH3 is 1. The summed E-state index contributed by atoms with van der Waals surface area (Å²) in [4.78, 5) is 35.9. The molecule has 3 N–H and O–H groups in total. The highest BCUT2D eigenvalue weighted by Gasteiger charge is 2.37. The number of rotatable bonds is 10. The van der Waals surface area contributed by atoms with E-state index in [1.807, 2.05) is 36.4 Å². The molecule has 2 aromatic carbocycles. The van der Waals surface area contributed by atoms with E-state index in [-0.39, 0.29) is 31.4 Å². The number of aliphatic carboxylic acids is 1. The lowest BCUT2D eigenvalue weighted by Crippen LogP contribution is -2.44. The number of carbonyl (C=O) groups excluding carboxylic acids is 2. The fourth-order valence-electron chi connectivity index (χ4n) is 4.34. The number of alkyl carbamates (subject to hydrolysis) is 1. The van der Waals surface area contributed by atoms with Crippen molar-refractivity contribution in [3.8, 4) is 11.1 Å². The van der Waals surface area contributed by atoms with Crippen LogP contribution >= 0.6 is 0 Å². The third kappa shape index (κ3) is 5.34. The Kier molecular flexibility index (Phi) is 6.93. The first-order valence-corrected chi connectivity index (χ1v) is 11.1. The number of carboxylic acid groups (broad SMARTS) is 1. The highest BCUT2D eigenvalue weighted by Crippen LogP contribution is 2.44. The number of fused-ring (bicyclic) bond motifs is 3. The molecule has 1 fully saturated rings. The molecule has 2 amide bonds. The smallest absolute Gasteiger partial charge is 0.407 e. The number of hydrogen-bond acceptors (Lipinski definition) is 5.